The summed E-state index contributed by atoms with van der Waals surface area (Å²) in [6.45, 7) is 2.13. The van der Waals surface area contributed by atoms with Crippen LogP contribution in [0.2, 0.25) is 0 Å². The number of rotatable bonds is 3. The standard InChI is InChI=1S/C11H14BrN/c1-8-7-13-5-4-10(8)6-11(12)9-2-3-9/h4-5,7,9,11H,2-3,6H2,1H3. The minimum atomic E-state index is 0.675. The molecule has 0 saturated heterocycles. The average Bonchev–Trinajstić information content (AvgIpc) is 2.91. The first-order valence-electron chi connectivity index (χ1n) is 4.81. The molecule has 1 nitrogen and oxygen atoms in total. The highest BCUT2D eigenvalue weighted by Gasteiger charge is 2.29. The van der Waals surface area contributed by atoms with Crippen molar-refractivity contribution in [2.24, 2.45) is 5.92 Å². The number of alkyl halides is 1. The Labute approximate surface area is 87.7 Å². The number of pyridine rings is 1. The summed E-state index contributed by atoms with van der Waals surface area (Å²) in [4.78, 5) is 4.77. The molecular weight excluding hydrogens is 226 g/mol. The number of hydrogen-bond donors (Lipinski definition) is 0. The van der Waals surface area contributed by atoms with Crippen LogP contribution in [0.5, 0.6) is 0 Å². The van der Waals surface area contributed by atoms with Gasteiger partial charge >= 0.3 is 0 Å². The van der Waals surface area contributed by atoms with Gasteiger partial charge in [0.05, 0.1) is 0 Å². The van der Waals surface area contributed by atoms with E-state index in [4.69, 9.17) is 0 Å². The Hall–Kier alpha value is -0.370. The Kier molecular flexibility index (Phi) is 2.68. The molecule has 0 radical (unpaired) electrons. The van der Waals surface area contributed by atoms with E-state index in [1.165, 1.54) is 24.0 Å². The maximum absolute atomic E-state index is 4.10. The van der Waals surface area contributed by atoms with Crippen molar-refractivity contribution in [1.82, 2.24) is 4.98 Å². The molecule has 1 aromatic rings. The van der Waals surface area contributed by atoms with Crippen LogP contribution in [0.1, 0.15) is 24.0 Å². The second kappa shape index (κ2) is 3.79. The molecule has 70 valence electrons. The summed E-state index contributed by atoms with van der Waals surface area (Å²) < 4.78 is 0. The van der Waals surface area contributed by atoms with E-state index in [-0.39, 0.29) is 0 Å². The average molecular weight is 240 g/mol. The first kappa shape index (κ1) is 9.20. The largest absolute Gasteiger partial charge is 0.264 e. The molecular formula is C11H14BrN. The number of halogens is 1. The highest BCUT2D eigenvalue weighted by atomic mass is 79.9. The van der Waals surface area contributed by atoms with Gasteiger partial charge in [-0.15, -0.1) is 0 Å². The van der Waals surface area contributed by atoms with Gasteiger partial charge in [0.1, 0.15) is 0 Å². The van der Waals surface area contributed by atoms with Gasteiger partial charge in [0, 0.05) is 17.2 Å². The summed E-state index contributed by atoms with van der Waals surface area (Å²) in [5.41, 5.74) is 2.75. The molecule has 0 bridgehead atoms. The zero-order chi connectivity index (χ0) is 9.26. The SMILES string of the molecule is Cc1cnccc1CC(Br)C1CC1. The zero-order valence-electron chi connectivity index (χ0n) is 7.83. The molecule has 2 rings (SSSR count). The Bertz CT molecular complexity index is 294. The lowest BCUT2D eigenvalue weighted by Crippen LogP contribution is -2.06. The first-order chi connectivity index (χ1) is 6.27. The van der Waals surface area contributed by atoms with Crippen molar-refractivity contribution < 1.29 is 0 Å². The Balaban J connectivity index is 2.03. The van der Waals surface area contributed by atoms with Crippen LogP contribution in [-0.4, -0.2) is 9.81 Å². The maximum atomic E-state index is 4.10. The van der Waals surface area contributed by atoms with E-state index in [0.29, 0.717) is 4.83 Å². The summed E-state index contributed by atoms with van der Waals surface area (Å²) in [6.07, 6.45) is 7.79. The zero-order valence-corrected chi connectivity index (χ0v) is 9.42. The predicted octanol–water partition coefficient (Wildman–Crippen LogP) is 3.11. The maximum Gasteiger partial charge on any atom is 0.0299 e. The number of aryl methyl sites for hydroxylation is 1. The van der Waals surface area contributed by atoms with Crippen molar-refractivity contribution in [3.8, 4) is 0 Å². The quantitative estimate of drug-likeness (QED) is 0.740. The molecule has 1 saturated carbocycles. The van der Waals surface area contributed by atoms with Crippen molar-refractivity contribution in [3.63, 3.8) is 0 Å². The van der Waals surface area contributed by atoms with Gasteiger partial charge in [-0.05, 0) is 49.3 Å². The predicted molar refractivity (Wildman–Crippen MR) is 58.1 cm³/mol. The summed E-state index contributed by atoms with van der Waals surface area (Å²) in [6, 6.07) is 2.13. The number of nitrogens with zero attached hydrogens (tertiary/aromatic N) is 1. The van der Waals surface area contributed by atoms with E-state index >= 15 is 0 Å². The molecule has 1 aliphatic carbocycles. The molecule has 1 unspecified atom stereocenters. The topological polar surface area (TPSA) is 12.9 Å². The van der Waals surface area contributed by atoms with E-state index in [1.54, 1.807) is 0 Å². The molecule has 0 N–H and O–H groups in total. The molecule has 0 amide bonds. The molecule has 1 heterocycles. The molecule has 1 aromatic heterocycles. The van der Waals surface area contributed by atoms with E-state index in [9.17, 15) is 0 Å². The van der Waals surface area contributed by atoms with Gasteiger partial charge in [0.25, 0.3) is 0 Å². The van der Waals surface area contributed by atoms with Crippen LogP contribution in [0, 0.1) is 12.8 Å². The Morgan fingerprint density at radius 3 is 3.00 bits per heavy atom. The van der Waals surface area contributed by atoms with Gasteiger partial charge in [0.2, 0.25) is 0 Å². The van der Waals surface area contributed by atoms with Gasteiger partial charge < -0.3 is 0 Å². The molecule has 0 spiro atoms. The van der Waals surface area contributed by atoms with Gasteiger partial charge in [0.15, 0.2) is 0 Å². The van der Waals surface area contributed by atoms with Gasteiger partial charge in [-0.25, -0.2) is 0 Å². The van der Waals surface area contributed by atoms with Crippen molar-refractivity contribution in [2.75, 3.05) is 0 Å². The minimum absolute atomic E-state index is 0.675. The molecule has 13 heavy (non-hydrogen) atoms. The first-order valence-corrected chi connectivity index (χ1v) is 5.72. The van der Waals surface area contributed by atoms with Crippen molar-refractivity contribution in [1.29, 1.82) is 0 Å². The molecule has 1 fully saturated rings. The van der Waals surface area contributed by atoms with E-state index in [1.807, 2.05) is 12.4 Å². The molecule has 0 aromatic carbocycles. The third-order valence-corrected chi connectivity index (χ3v) is 3.76. The van der Waals surface area contributed by atoms with Gasteiger partial charge in [-0.3, -0.25) is 4.98 Å². The summed E-state index contributed by atoms with van der Waals surface area (Å²) in [7, 11) is 0. The van der Waals surface area contributed by atoms with Crippen LogP contribution in [0.3, 0.4) is 0 Å². The molecule has 1 aliphatic rings. The second-order valence-electron chi connectivity index (χ2n) is 3.86. The monoisotopic (exact) mass is 239 g/mol. The summed E-state index contributed by atoms with van der Waals surface area (Å²) >= 11 is 3.76. The van der Waals surface area contributed by atoms with Crippen LogP contribution in [0.25, 0.3) is 0 Å². The third kappa shape index (κ3) is 2.31. The minimum Gasteiger partial charge on any atom is -0.264 e. The van der Waals surface area contributed by atoms with Crippen LogP contribution >= 0.6 is 15.9 Å². The fourth-order valence-corrected chi connectivity index (χ4v) is 2.44. The Morgan fingerprint density at radius 2 is 2.38 bits per heavy atom. The lowest BCUT2D eigenvalue weighted by molar-refractivity contribution is 0.756. The third-order valence-electron chi connectivity index (χ3n) is 2.68. The van der Waals surface area contributed by atoms with E-state index < -0.39 is 0 Å². The van der Waals surface area contributed by atoms with Crippen LogP contribution in [0.4, 0.5) is 0 Å². The summed E-state index contributed by atoms with van der Waals surface area (Å²) in [5, 5.41) is 0. The number of hydrogen-bond acceptors (Lipinski definition) is 1. The fraction of sp³-hybridized carbons (Fsp3) is 0.545. The highest BCUT2D eigenvalue weighted by molar-refractivity contribution is 9.09. The fourth-order valence-electron chi connectivity index (χ4n) is 1.57. The molecule has 0 aliphatic heterocycles. The van der Waals surface area contributed by atoms with Crippen LogP contribution in [0.15, 0.2) is 18.5 Å². The lowest BCUT2D eigenvalue weighted by Gasteiger charge is -2.09. The van der Waals surface area contributed by atoms with Crippen LogP contribution in [-0.2, 0) is 6.42 Å². The van der Waals surface area contributed by atoms with Crippen molar-refractivity contribution in [2.45, 2.75) is 31.0 Å². The lowest BCUT2D eigenvalue weighted by atomic mass is 10.0. The van der Waals surface area contributed by atoms with E-state index in [2.05, 4.69) is 33.9 Å². The second-order valence-corrected chi connectivity index (χ2v) is 5.04. The highest BCUT2D eigenvalue weighted by Crippen LogP contribution is 2.38. The summed E-state index contributed by atoms with van der Waals surface area (Å²) in [5.74, 6) is 0.924. The molecule has 2 heteroatoms. The van der Waals surface area contributed by atoms with Gasteiger partial charge in [-0.2, -0.15) is 0 Å². The van der Waals surface area contributed by atoms with Crippen molar-refractivity contribution in [3.05, 3.63) is 29.6 Å². The molecule has 1 atom stereocenters. The number of aromatic nitrogens is 1. The van der Waals surface area contributed by atoms with Crippen molar-refractivity contribution >= 4 is 15.9 Å². The van der Waals surface area contributed by atoms with E-state index in [0.717, 1.165) is 12.3 Å². The van der Waals surface area contributed by atoms with Gasteiger partial charge in [-0.1, -0.05) is 15.9 Å². The normalized spacial score (nSPS) is 18.6. The van der Waals surface area contributed by atoms with Crippen LogP contribution < -0.4 is 0 Å². The smallest absolute Gasteiger partial charge is 0.0299 e. The Morgan fingerprint density at radius 1 is 1.62 bits per heavy atom.